The summed E-state index contributed by atoms with van der Waals surface area (Å²) in [6.07, 6.45) is 11.3. The normalized spacial score (nSPS) is 32.0. The molecule has 4 heterocycles. The molecule has 4 rings (SSSR count). The van der Waals surface area contributed by atoms with Crippen LogP contribution in [-0.2, 0) is 47.5 Å². The standard InChI is InChI=1S/C70H130N2O23/c1-4-6-8-10-12-14-16-18-19-20-21-22-23-24-25-26-27-29-31-33-35-37-39-41-54(79)72-48(49(78)40-38-36-34-32-30-28-17-15-13-11-9-7-5-2)46-88-68-61(85)59(83)64(52(44-75)91-68)93-69-62(86)60(84)65(53(45-76)92-69)94-70-63(87)66(57(81)51(43-74)90-70)95-67-55(71-47(3)77)58(82)56(80)50(42-73)89-67/h38,40,48-53,55-70,73-76,78,80-87H,4-37,39,41-46H2,1-3H3,(H,71,77)(H,72,79)/b40-38+/t48-,49+,50?,51?,52?,53?,55?,56-,57-,58+,59+,60+,61?,62?,63?,64+,65-,66-,67-,68+,69-,70-/m0/s1. The van der Waals surface area contributed by atoms with Gasteiger partial charge >= 0.3 is 0 Å². The molecule has 4 saturated heterocycles. The van der Waals surface area contributed by atoms with Crippen molar-refractivity contribution in [1.29, 1.82) is 0 Å². The number of carbonyl (C=O) groups is 2. The van der Waals surface area contributed by atoms with Gasteiger partial charge in [0.25, 0.3) is 0 Å². The minimum absolute atomic E-state index is 0.219. The van der Waals surface area contributed by atoms with Gasteiger partial charge in [-0.25, -0.2) is 0 Å². The Kier molecular flexibility index (Phi) is 45.1. The Labute approximate surface area is 566 Å². The van der Waals surface area contributed by atoms with E-state index in [1.54, 1.807) is 6.08 Å². The Bertz CT molecular complexity index is 1970. The van der Waals surface area contributed by atoms with E-state index in [1.807, 2.05) is 6.08 Å². The Morgan fingerprint density at radius 1 is 0.411 bits per heavy atom. The fourth-order valence-corrected chi connectivity index (χ4v) is 13.1. The Hall–Kier alpha value is -2.16. The highest BCUT2D eigenvalue weighted by Crippen LogP contribution is 2.35. The van der Waals surface area contributed by atoms with Gasteiger partial charge in [0.1, 0.15) is 97.6 Å². The van der Waals surface area contributed by atoms with E-state index in [-0.39, 0.29) is 12.3 Å². The molecule has 25 heteroatoms. The zero-order valence-electron chi connectivity index (χ0n) is 57.7. The minimum atomic E-state index is -2.10. The Morgan fingerprint density at radius 3 is 1.20 bits per heavy atom. The van der Waals surface area contributed by atoms with Crippen LogP contribution in [0, 0.1) is 0 Å². The van der Waals surface area contributed by atoms with Crippen LogP contribution in [0.1, 0.15) is 252 Å². The second kappa shape index (κ2) is 50.2. The van der Waals surface area contributed by atoms with E-state index >= 15 is 0 Å². The molecular formula is C70H130N2O23. The van der Waals surface area contributed by atoms with Crippen LogP contribution in [0.3, 0.4) is 0 Å². The van der Waals surface area contributed by atoms with Crippen molar-refractivity contribution < 1.29 is 114 Å². The summed E-state index contributed by atoms with van der Waals surface area (Å²) in [5, 5.41) is 148. The van der Waals surface area contributed by atoms with Gasteiger partial charge in [-0.05, 0) is 19.3 Å². The third-order valence-corrected chi connectivity index (χ3v) is 19.1. The maximum atomic E-state index is 13.5. The lowest BCUT2D eigenvalue weighted by Crippen LogP contribution is -2.69. The molecule has 0 aromatic heterocycles. The van der Waals surface area contributed by atoms with Crippen LogP contribution in [0.4, 0.5) is 0 Å². The largest absolute Gasteiger partial charge is 0.394 e. The first-order chi connectivity index (χ1) is 46.0. The van der Waals surface area contributed by atoms with E-state index in [0.717, 1.165) is 45.4 Å². The Balaban J connectivity index is 1.27. The van der Waals surface area contributed by atoms with Gasteiger partial charge in [0, 0.05) is 13.3 Å². The van der Waals surface area contributed by atoms with Crippen LogP contribution in [-0.4, -0.2) is 246 Å². The fourth-order valence-electron chi connectivity index (χ4n) is 13.1. The second-order valence-electron chi connectivity index (χ2n) is 27.1. The zero-order valence-corrected chi connectivity index (χ0v) is 57.7. The molecule has 22 atom stereocenters. The van der Waals surface area contributed by atoms with Crippen LogP contribution in [0.2, 0.25) is 0 Å². The highest BCUT2D eigenvalue weighted by Gasteiger charge is 2.56. The van der Waals surface area contributed by atoms with Crippen molar-refractivity contribution >= 4 is 11.8 Å². The molecule has 0 saturated carbocycles. The van der Waals surface area contributed by atoms with Crippen molar-refractivity contribution in [3.05, 3.63) is 12.2 Å². The quantitative estimate of drug-likeness (QED) is 0.0284. The van der Waals surface area contributed by atoms with E-state index in [1.165, 1.54) is 173 Å². The Morgan fingerprint density at radius 2 is 0.768 bits per heavy atom. The van der Waals surface area contributed by atoms with Crippen molar-refractivity contribution in [1.82, 2.24) is 10.6 Å². The number of rotatable bonds is 53. The first kappa shape index (κ1) is 85.3. The number of hydrogen-bond donors (Lipinski definition) is 15. The number of allylic oxidation sites excluding steroid dienone is 1. The lowest BCUT2D eigenvalue weighted by Gasteiger charge is -2.49. The molecule has 4 aliphatic rings. The van der Waals surface area contributed by atoms with Crippen LogP contribution >= 0.6 is 0 Å². The summed E-state index contributed by atoms with van der Waals surface area (Å²) in [5.74, 6) is -0.998. The van der Waals surface area contributed by atoms with Crippen molar-refractivity contribution in [2.45, 2.75) is 387 Å². The van der Waals surface area contributed by atoms with Crippen molar-refractivity contribution in [2.75, 3.05) is 33.0 Å². The number of aliphatic hydroxyl groups excluding tert-OH is 13. The monoisotopic (exact) mass is 1370 g/mol. The fraction of sp³-hybridized carbons (Fsp3) is 0.943. The first-order valence-corrected chi connectivity index (χ1v) is 36.9. The van der Waals surface area contributed by atoms with E-state index < -0.39 is 174 Å². The van der Waals surface area contributed by atoms with Crippen LogP contribution in [0.5, 0.6) is 0 Å². The number of carbonyl (C=O) groups excluding carboxylic acids is 2. The van der Waals surface area contributed by atoms with Gasteiger partial charge in [-0.1, -0.05) is 231 Å². The maximum Gasteiger partial charge on any atom is 0.220 e. The molecule has 0 bridgehead atoms. The molecule has 0 aromatic rings. The molecule has 95 heavy (non-hydrogen) atoms. The summed E-state index contributed by atoms with van der Waals surface area (Å²) in [4.78, 5) is 25.5. The maximum absolute atomic E-state index is 13.5. The van der Waals surface area contributed by atoms with Gasteiger partial charge in [-0.3, -0.25) is 9.59 Å². The molecule has 4 fully saturated rings. The third-order valence-electron chi connectivity index (χ3n) is 19.1. The van der Waals surface area contributed by atoms with Crippen LogP contribution in [0.25, 0.3) is 0 Å². The smallest absolute Gasteiger partial charge is 0.220 e. The first-order valence-electron chi connectivity index (χ1n) is 36.9. The van der Waals surface area contributed by atoms with E-state index in [4.69, 9.17) is 37.9 Å². The van der Waals surface area contributed by atoms with Crippen LogP contribution < -0.4 is 10.6 Å². The molecule has 4 aliphatic heterocycles. The van der Waals surface area contributed by atoms with Crippen LogP contribution in [0.15, 0.2) is 12.2 Å². The lowest BCUT2D eigenvalue weighted by atomic mass is 9.95. The van der Waals surface area contributed by atoms with Gasteiger partial charge in [-0.2, -0.15) is 0 Å². The molecule has 558 valence electrons. The average Bonchev–Trinajstić information content (AvgIpc) is 0.784. The highest BCUT2D eigenvalue weighted by molar-refractivity contribution is 5.76. The van der Waals surface area contributed by atoms with Gasteiger partial charge in [0.05, 0.1) is 45.2 Å². The average molecular weight is 1370 g/mol. The molecule has 0 radical (unpaired) electrons. The number of unbranched alkanes of at least 4 members (excludes halogenated alkanes) is 33. The number of aliphatic hydroxyl groups is 13. The molecule has 0 spiro atoms. The molecule has 0 aliphatic carbocycles. The van der Waals surface area contributed by atoms with E-state index in [0.29, 0.717) is 12.8 Å². The molecule has 2 amide bonds. The topological polar surface area (TPSA) is 395 Å². The molecule has 8 unspecified atom stereocenters. The van der Waals surface area contributed by atoms with Crippen molar-refractivity contribution in [3.63, 3.8) is 0 Å². The molecule has 25 nitrogen and oxygen atoms in total. The summed E-state index contributed by atoms with van der Waals surface area (Å²) in [5.41, 5.74) is 0. The van der Waals surface area contributed by atoms with Gasteiger partial charge < -0.3 is 115 Å². The number of hydrogen-bond acceptors (Lipinski definition) is 23. The number of amides is 2. The number of ether oxygens (including phenoxy) is 8. The third kappa shape index (κ3) is 30.9. The van der Waals surface area contributed by atoms with Gasteiger partial charge in [0.15, 0.2) is 25.2 Å². The minimum Gasteiger partial charge on any atom is -0.394 e. The second-order valence-corrected chi connectivity index (χ2v) is 27.1. The molecule has 15 N–H and O–H groups in total. The summed E-state index contributed by atoms with van der Waals surface area (Å²) in [6, 6.07) is -2.53. The highest BCUT2D eigenvalue weighted by atomic mass is 16.8. The van der Waals surface area contributed by atoms with Gasteiger partial charge in [-0.15, -0.1) is 0 Å². The lowest BCUT2D eigenvalue weighted by molar-refractivity contribution is -0.386. The summed E-state index contributed by atoms with van der Waals surface area (Å²) in [7, 11) is 0. The molecule has 0 aromatic carbocycles. The summed E-state index contributed by atoms with van der Waals surface area (Å²) in [6.45, 7) is 1.65. The predicted octanol–water partition coefficient (Wildman–Crippen LogP) is 4.90. The van der Waals surface area contributed by atoms with Crippen molar-refractivity contribution in [2.24, 2.45) is 0 Å². The predicted molar refractivity (Wildman–Crippen MR) is 354 cm³/mol. The van der Waals surface area contributed by atoms with E-state index in [9.17, 15) is 76.0 Å². The number of nitrogens with one attached hydrogen (secondary N) is 2. The van der Waals surface area contributed by atoms with Gasteiger partial charge in [0.2, 0.25) is 11.8 Å². The van der Waals surface area contributed by atoms with Crippen molar-refractivity contribution in [3.8, 4) is 0 Å². The summed E-state index contributed by atoms with van der Waals surface area (Å²) >= 11 is 0. The summed E-state index contributed by atoms with van der Waals surface area (Å²) < 4.78 is 46.5. The van der Waals surface area contributed by atoms with E-state index in [2.05, 4.69) is 24.5 Å². The molecular weight excluding hydrogens is 1240 g/mol. The zero-order chi connectivity index (χ0) is 69.3. The SMILES string of the molecule is CCCCCCCCCCCCC/C=C/[C@@H](O)[C@H](CO[C@@H]1OC(CO)[C@@H](O[C@@H]2OC(CO)[C@H](O[C@@H]3OC(CO)[C@H](O)[C@H](O[C@@H]4OC(CO)[C@H](O)[C@H](O)C4NC(C)=O)C3O)[C@H](O)C2O)[C@H](O)C1O)NC(=O)CCCCCCCCCCCCCCCCCCCCCCCCC.